The van der Waals surface area contributed by atoms with Gasteiger partial charge in [-0.05, 0) is 55.5 Å². The molecule has 0 fully saturated rings. The lowest BCUT2D eigenvalue weighted by atomic mass is 10.1. The summed E-state index contributed by atoms with van der Waals surface area (Å²) in [6.45, 7) is 1.47. The van der Waals surface area contributed by atoms with Gasteiger partial charge in [-0.2, -0.15) is 0 Å². The van der Waals surface area contributed by atoms with E-state index in [4.69, 9.17) is 0 Å². The Morgan fingerprint density at radius 2 is 1.52 bits per heavy atom. The number of Topliss-reactive ketones (excluding diaryl/α,β-unsaturated/α-hetero) is 1. The van der Waals surface area contributed by atoms with Crippen molar-refractivity contribution >= 4 is 28.8 Å². The van der Waals surface area contributed by atoms with Crippen LogP contribution in [0.4, 0.5) is 25.8 Å². The SMILES string of the molecule is CC(=O)c1ccc(NC(=O)c2ccc(Nc3ccc(F)c(F)c3)cn2)cc1. The van der Waals surface area contributed by atoms with E-state index in [0.717, 1.165) is 12.1 Å². The number of amides is 1. The molecular weight excluding hydrogens is 352 g/mol. The molecule has 1 amide bonds. The number of hydrogen-bond donors (Lipinski definition) is 2. The van der Waals surface area contributed by atoms with Gasteiger partial charge in [-0.15, -0.1) is 0 Å². The zero-order valence-corrected chi connectivity index (χ0v) is 14.3. The maximum absolute atomic E-state index is 13.2. The summed E-state index contributed by atoms with van der Waals surface area (Å²) in [5.41, 5.74) is 2.15. The van der Waals surface area contributed by atoms with Crippen LogP contribution in [0.2, 0.25) is 0 Å². The van der Waals surface area contributed by atoms with Crippen molar-refractivity contribution in [1.82, 2.24) is 4.98 Å². The van der Waals surface area contributed by atoms with E-state index in [0.29, 0.717) is 22.6 Å². The molecule has 0 spiro atoms. The van der Waals surface area contributed by atoms with Crippen LogP contribution in [0.25, 0.3) is 0 Å². The van der Waals surface area contributed by atoms with Crippen molar-refractivity contribution in [3.63, 3.8) is 0 Å². The summed E-state index contributed by atoms with van der Waals surface area (Å²) in [4.78, 5) is 27.5. The first kappa shape index (κ1) is 18.2. The summed E-state index contributed by atoms with van der Waals surface area (Å²) in [6, 6.07) is 13.1. The number of nitrogens with zero attached hydrogens (tertiary/aromatic N) is 1. The standard InChI is InChI=1S/C20H15F2N3O2/c1-12(26)13-2-4-14(5-3-13)25-20(27)19-9-7-16(11-23-19)24-15-6-8-17(21)18(22)10-15/h2-11,24H,1H3,(H,25,27). The molecule has 136 valence electrons. The molecule has 1 aromatic heterocycles. The Hall–Kier alpha value is -3.61. The van der Waals surface area contributed by atoms with Crippen LogP contribution in [0.1, 0.15) is 27.8 Å². The molecule has 27 heavy (non-hydrogen) atoms. The van der Waals surface area contributed by atoms with Crippen LogP contribution in [-0.4, -0.2) is 16.7 Å². The number of halogens is 2. The van der Waals surface area contributed by atoms with Crippen molar-refractivity contribution in [2.75, 3.05) is 10.6 Å². The molecule has 3 rings (SSSR count). The molecule has 1 heterocycles. The molecule has 2 aromatic carbocycles. The Balaban J connectivity index is 1.66. The van der Waals surface area contributed by atoms with Gasteiger partial charge in [0.2, 0.25) is 0 Å². The van der Waals surface area contributed by atoms with Gasteiger partial charge in [0.15, 0.2) is 17.4 Å². The molecule has 0 aliphatic heterocycles. The number of carbonyl (C=O) groups excluding carboxylic acids is 2. The number of benzene rings is 2. The van der Waals surface area contributed by atoms with E-state index in [-0.39, 0.29) is 11.5 Å². The van der Waals surface area contributed by atoms with Gasteiger partial charge >= 0.3 is 0 Å². The van der Waals surface area contributed by atoms with Crippen LogP contribution in [0, 0.1) is 11.6 Å². The van der Waals surface area contributed by atoms with Crippen LogP contribution < -0.4 is 10.6 Å². The fraction of sp³-hybridized carbons (Fsp3) is 0.0500. The molecule has 0 saturated carbocycles. The fourth-order valence-electron chi connectivity index (χ4n) is 2.33. The minimum absolute atomic E-state index is 0.0568. The Bertz CT molecular complexity index is 987. The highest BCUT2D eigenvalue weighted by molar-refractivity contribution is 6.03. The second kappa shape index (κ2) is 7.74. The van der Waals surface area contributed by atoms with E-state index in [1.807, 2.05) is 0 Å². The zero-order chi connectivity index (χ0) is 19.4. The van der Waals surface area contributed by atoms with Crippen molar-refractivity contribution in [1.29, 1.82) is 0 Å². The van der Waals surface area contributed by atoms with Crippen LogP contribution in [0.3, 0.4) is 0 Å². The number of nitrogens with one attached hydrogen (secondary N) is 2. The van der Waals surface area contributed by atoms with Crippen molar-refractivity contribution < 1.29 is 18.4 Å². The molecule has 0 atom stereocenters. The molecule has 0 saturated heterocycles. The molecule has 5 nitrogen and oxygen atoms in total. The van der Waals surface area contributed by atoms with Gasteiger partial charge < -0.3 is 10.6 Å². The first-order chi connectivity index (χ1) is 12.9. The van der Waals surface area contributed by atoms with E-state index in [2.05, 4.69) is 15.6 Å². The van der Waals surface area contributed by atoms with Gasteiger partial charge in [-0.25, -0.2) is 13.8 Å². The number of hydrogen-bond acceptors (Lipinski definition) is 4. The summed E-state index contributed by atoms with van der Waals surface area (Å²) in [5.74, 6) is -2.36. The van der Waals surface area contributed by atoms with E-state index in [9.17, 15) is 18.4 Å². The van der Waals surface area contributed by atoms with Gasteiger partial charge in [-0.1, -0.05) is 0 Å². The van der Waals surface area contributed by atoms with Crippen LogP contribution in [0.15, 0.2) is 60.8 Å². The average molecular weight is 367 g/mol. The fourth-order valence-corrected chi connectivity index (χ4v) is 2.33. The van der Waals surface area contributed by atoms with Gasteiger partial charge in [-0.3, -0.25) is 9.59 Å². The Labute approximate surface area is 154 Å². The molecule has 0 aliphatic rings. The second-order valence-corrected chi connectivity index (χ2v) is 5.77. The van der Waals surface area contributed by atoms with E-state index >= 15 is 0 Å². The normalized spacial score (nSPS) is 10.3. The average Bonchev–Trinajstić information content (AvgIpc) is 2.66. The Morgan fingerprint density at radius 3 is 2.11 bits per heavy atom. The molecule has 0 radical (unpaired) electrons. The summed E-state index contributed by atoms with van der Waals surface area (Å²) in [6.07, 6.45) is 1.41. The minimum Gasteiger partial charge on any atom is -0.354 e. The third-order valence-electron chi connectivity index (χ3n) is 3.75. The summed E-state index contributed by atoms with van der Waals surface area (Å²) in [7, 11) is 0. The van der Waals surface area contributed by atoms with E-state index < -0.39 is 17.5 Å². The highest BCUT2D eigenvalue weighted by Crippen LogP contribution is 2.19. The summed E-state index contributed by atoms with van der Waals surface area (Å²) >= 11 is 0. The number of carbonyl (C=O) groups is 2. The second-order valence-electron chi connectivity index (χ2n) is 5.77. The predicted octanol–water partition coefficient (Wildman–Crippen LogP) is 4.56. The molecular formula is C20H15F2N3O2. The van der Waals surface area contributed by atoms with Gasteiger partial charge in [0.1, 0.15) is 5.69 Å². The van der Waals surface area contributed by atoms with Crippen LogP contribution in [0.5, 0.6) is 0 Å². The number of aromatic nitrogens is 1. The first-order valence-electron chi connectivity index (χ1n) is 8.03. The number of anilines is 3. The lowest BCUT2D eigenvalue weighted by Gasteiger charge is -2.08. The van der Waals surface area contributed by atoms with Crippen LogP contribution >= 0.6 is 0 Å². The third kappa shape index (κ3) is 4.52. The molecule has 7 heteroatoms. The molecule has 3 aromatic rings. The smallest absolute Gasteiger partial charge is 0.274 e. The van der Waals surface area contributed by atoms with Crippen molar-refractivity contribution in [2.24, 2.45) is 0 Å². The summed E-state index contributed by atoms with van der Waals surface area (Å²) in [5, 5.41) is 5.55. The maximum Gasteiger partial charge on any atom is 0.274 e. The van der Waals surface area contributed by atoms with Gasteiger partial charge in [0.05, 0.1) is 11.9 Å². The molecule has 0 aliphatic carbocycles. The Kier molecular flexibility index (Phi) is 5.21. The van der Waals surface area contributed by atoms with Gasteiger partial charge in [0, 0.05) is 23.0 Å². The molecule has 2 N–H and O–H groups in total. The third-order valence-corrected chi connectivity index (χ3v) is 3.75. The number of ketones is 1. The lowest BCUT2D eigenvalue weighted by Crippen LogP contribution is -2.13. The quantitative estimate of drug-likeness (QED) is 0.649. The van der Waals surface area contributed by atoms with Crippen molar-refractivity contribution in [3.8, 4) is 0 Å². The highest BCUT2D eigenvalue weighted by Gasteiger charge is 2.09. The summed E-state index contributed by atoms with van der Waals surface area (Å²) < 4.78 is 26.2. The largest absolute Gasteiger partial charge is 0.354 e. The molecule has 0 unspecified atom stereocenters. The van der Waals surface area contributed by atoms with Crippen molar-refractivity contribution in [3.05, 3.63) is 83.7 Å². The lowest BCUT2D eigenvalue weighted by molar-refractivity contribution is 0.101. The monoisotopic (exact) mass is 367 g/mol. The number of pyridine rings is 1. The minimum atomic E-state index is -0.959. The first-order valence-corrected chi connectivity index (χ1v) is 8.03. The van der Waals surface area contributed by atoms with E-state index in [1.54, 1.807) is 30.3 Å². The highest BCUT2D eigenvalue weighted by atomic mass is 19.2. The molecule has 0 bridgehead atoms. The zero-order valence-electron chi connectivity index (χ0n) is 14.3. The van der Waals surface area contributed by atoms with Gasteiger partial charge in [0.25, 0.3) is 5.91 Å². The topological polar surface area (TPSA) is 71.1 Å². The maximum atomic E-state index is 13.2. The Morgan fingerprint density at radius 1 is 0.852 bits per heavy atom. The predicted molar refractivity (Wildman–Crippen MR) is 98.3 cm³/mol. The van der Waals surface area contributed by atoms with Crippen molar-refractivity contribution in [2.45, 2.75) is 6.92 Å². The van der Waals surface area contributed by atoms with Crippen LogP contribution in [-0.2, 0) is 0 Å². The number of rotatable bonds is 5. The van der Waals surface area contributed by atoms with E-state index in [1.165, 1.54) is 25.3 Å².